The van der Waals surface area contributed by atoms with Crippen molar-refractivity contribution in [3.05, 3.63) is 63.9 Å². The van der Waals surface area contributed by atoms with Gasteiger partial charge in [0, 0.05) is 16.6 Å². The summed E-state index contributed by atoms with van der Waals surface area (Å²) in [5, 5.41) is 3.48. The van der Waals surface area contributed by atoms with Crippen LogP contribution in [-0.2, 0) is 0 Å². The molecule has 0 radical (unpaired) electrons. The van der Waals surface area contributed by atoms with Crippen LogP contribution in [0.3, 0.4) is 0 Å². The Morgan fingerprint density at radius 1 is 1.05 bits per heavy atom. The van der Waals surface area contributed by atoms with Crippen LogP contribution in [0.4, 0.5) is 4.39 Å². The molecule has 2 unspecified atom stereocenters. The molecular weight excluding hydrogens is 333 g/mol. The van der Waals surface area contributed by atoms with Gasteiger partial charge in [0.15, 0.2) is 11.6 Å². The first-order valence-electron chi connectivity index (χ1n) is 6.86. The van der Waals surface area contributed by atoms with E-state index in [1.54, 1.807) is 6.07 Å². The van der Waals surface area contributed by atoms with E-state index >= 15 is 0 Å². The van der Waals surface area contributed by atoms with Crippen molar-refractivity contribution >= 4 is 15.9 Å². The zero-order valence-electron chi connectivity index (χ0n) is 12.4. The molecule has 2 aromatic rings. The molecule has 0 heterocycles. The van der Waals surface area contributed by atoms with Gasteiger partial charge in [0.05, 0.1) is 7.11 Å². The molecule has 2 aromatic carbocycles. The summed E-state index contributed by atoms with van der Waals surface area (Å²) in [6.07, 6.45) is 0. The highest BCUT2D eigenvalue weighted by molar-refractivity contribution is 9.10. The average Bonchev–Trinajstić information content (AvgIpc) is 2.47. The number of halogens is 2. The summed E-state index contributed by atoms with van der Waals surface area (Å²) in [6, 6.07) is 13.4. The van der Waals surface area contributed by atoms with Crippen LogP contribution in [0.25, 0.3) is 0 Å². The van der Waals surface area contributed by atoms with Crippen LogP contribution in [0.15, 0.2) is 46.9 Å². The Labute approximate surface area is 133 Å². The fourth-order valence-corrected chi connectivity index (χ4v) is 2.71. The summed E-state index contributed by atoms with van der Waals surface area (Å²) in [7, 11) is 1.47. The minimum absolute atomic E-state index is 0.0411. The van der Waals surface area contributed by atoms with Crippen molar-refractivity contribution in [2.24, 2.45) is 0 Å². The molecule has 21 heavy (non-hydrogen) atoms. The van der Waals surface area contributed by atoms with Gasteiger partial charge in [0.25, 0.3) is 0 Å². The van der Waals surface area contributed by atoms with Crippen molar-refractivity contribution in [3.8, 4) is 5.75 Å². The molecule has 0 saturated heterocycles. The number of methoxy groups -OCH3 is 1. The number of ether oxygens (including phenoxy) is 1. The SMILES string of the molecule is COc1ccc(C(C)NC(C)c2cccc(Br)c2)cc1F. The van der Waals surface area contributed by atoms with Gasteiger partial charge >= 0.3 is 0 Å². The minimum Gasteiger partial charge on any atom is -0.494 e. The van der Waals surface area contributed by atoms with Gasteiger partial charge in [0.1, 0.15) is 0 Å². The van der Waals surface area contributed by atoms with Crippen molar-refractivity contribution in [3.63, 3.8) is 0 Å². The minimum atomic E-state index is -0.334. The van der Waals surface area contributed by atoms with E-state index in [1.165, 1.54) is 18.7 Å². The molecule has 0 aliphatic heterocycles. The molecule has 1 N–H and O–H groups in total. The molecule has 0 aromatic heterocycles. The van der Waals surface area contributed by atoms with E-state index in [-0.39, 0.29) is 23.7 Å². The number of hydrogen-bond acceptors (Lipinski definition) is 2. The molecule has 2 nitrogen and oxygen atoms in total. The first-order chi connectivity index (χ1) is 10.0. The summed E-state index contributed by atoms with van der Waals surface area (Å²) >= 11 is 3.48. The molecule has 2 atom stereocenters. The van der Waals surface area contributed by atoms with E-state index in [0.29, 0.717) is 0 Å². The number of hydrogen-bond donors (Lipinski definition) is 1. The lowest BCUT2D eigenvalue weighted by Gasteiger charge is -2.21. The van der Waals surface area contributed by atoms with Crippen molar-refractivity contribution in [1.29, 1.82) is 0 Å². The second-order valence-electron chi connectivity index (χ2n) is 5.06. The third-order valence-corrected chi connectivity index (χ3v) is 4.02. The predicted molar refractivity (Wildman–Crippen MR) is 87.1 cm³/mol. The van der Waals surface area contributed by atoms with E-state index < -0.39 is 0 Å². The highest BCUT2D eigenvalue weighted by Crippen LogP contribution is 2.25. The normalized spacial score (nSPS) is 13.8. The van der Waals surface area contributed by atoms with Crippen LogP contribution in [0.5, 0.6) is 5.75 Å². The van der Waals surface area contributed by atoms with Gasteiger partial charge in [0.2, 0.25) is 0 Å². The van der Waals surface area contributed by atoms with Crippen molar-refractivity contribution in [2.45, 2.75) is 25.9 Å². The lowest BCUT2D eigenvalue weighted by Crippen LogP contribution is -2.22. The average molecular weight is 352 g/mol. The molecule has 0 spiro atoms. The first kappa shape index (κ1) is 16.0. The van der Waals surface area contributed by atoms with E-state index in [9.17, 15) is 4.39 Å². The van der Waals surface area contributed by atoms with Crippen LogP contribution in [0, 0.1) is 5.82 Å². The Hall–Kier alpha value is -1.39. The molecular formula is C17H19BrFNO. The predicted octanol–water partition coefficient (Wildman–Crippen LogP) is 5.01. The molecule has 0 fully saturated rings. The van der Waals surface area contributed by atoms with E-state index in [1.807, 2.05) is 25.1 Å². The van der Waals surface area contributed by atoms with Gasteiger partial charge in [-0.1, -0.05) is 34.1 Å². The van der Waals surface area contributed by atoms with Gasteiger partial charge in [-0.2, -0.15) is 0 Å². The van der Waals surface area contributed by atoms with Crippen LogP contribution in [0.2, 0.25) is 0 Å². The van der Waals surface area contributed by atoms with E-state index in [2.05, 4.69) is 40.3 Å². The van der Waals surface area contributed by atoms with Gasteiger partial charge in [-0.05, 0) is 49.2 Å². The fraction of sp³-hybridized carbons (Fsp3) is 0.294. The Bertz CT molecular complexity index is 617. The second kappa shape index (κ2) is 7.05. The summed E-state index contributed by atoms with van der Waals surface area (Å²) in [5.74, 6) is -0.0650. The fourth-order valence-electron chi connectivity index (χ4n) is 2.30. The molecule has 0 aliphatic rings. The van der Waals surface area contributed by atoms with Crippen LogP contribution in [-0.4, -0.2) is 7.11 Å². The Balaban J connectivity index is 2.10. The van der Waals surface area contributed by atoms with Gasteiger partial charge < -0.3 is 10.1 Å². The second-order valence-corrected chi connectivity index (χ2v) is 5.97. The molecule has 0 amide bonds. The van der Waals surface area contributed by atoms with Gasteiger partial charge in [-0.25, -0.2) is 4.39 Å². The van der Waals surface area contributed by atoms with Gasteiger partial charge in [-0.15, -0.1) is 0 Å². The number of nitrogens with one attached hydrogen (secondary N) is 1. The maximum absolute atomic E-state index is 13.8. The topological polar surface area (TPSA) is 21.3 Å². The zero-order chi connectivity index (χ0) is 15.4. The molecule has 0 bridgehead atoms. The number of benzene rings is 2. The van der Waals surface area contributed by atoms with Crippen LogP contribution < -0.4 is 10.1 Å². The lowest BCUT2D eigenvalue weighted by molar-refractivity contribution is 0.385. The first-order valence-corrected chi connectivity index (χ1v) is 7.65. The lowest BCUT2D eigenvalue weighted by atomic mass is 10.0. The zero-order valence-corrected chi connectivity index (χ0v) is 13.9. The highest BCUT2D eigenvalue weighted by atomic mass is 79.9. The summed E-state index contributed by atoms with van der Waals surface area (Å²) in [6.45, 7) is 4.12. The third kappa shape index (κ3) is 4.05. The summed E-state index contributed by atoms with van der Waals surface area (Å²) in [4.78, 5) is 0. The maximum Gasteiger partial charge on any atom is 0.165 e. The maximum atomic E-state index is 13.8. The molecule has 0 saturated carbocycles. The summed E-state index contributed by atoms with van der Waals surface area (Å²) < 4.78 is 19.8. The summed E-state index contributed by atoms with van der Waals surface area (Å²) in [5.41, 5.74) is 2.08. The van der Waals surface area contributed by atoms with Crippen molar-refractivity contribution in [1.82, 2.24) is 5.32 Å². The Kier molecular flexibility index (Phi) is 5.37. The smallest absolute Gasteiger partial charge is 0.165 e. The van der Waals surface area contributed by atoms with E-state index in [0.717, 1.165) is 10.0 Å². The Morgan fingerprint density at radius 2 is 1.71 bits per heavy atom. The van der Waals surface area contributed by atoms with E-state index in [4.69, 9.17) is 4.74 Å². The van der Waals surface area contributed by atoms with Crippen molar-refractivity contribution in [2.75, 3.05) is 7.11 Å². The quantitative estimate of drug-likeness (QED) is 0.817. The van der Waals surface area contributed by atoms with Crippen LogP contribution >= 0.6 is 15.9 Å². The standard InChI is InChI=1S/C17H19BrFNO/c1-11(13-5-4-6-15(18)9-13)20-12(2)14-7-8-17(21-3)16(19)10-14/h4-12,20H,1-3H3. The number of rotatable bonds is 5. The highest BCUT2D eigenvalue weighted by Gasteiger charge is 2.13. The largest absolute Gasteiger partial charge is 0.494 e. The molecule has 2 rings (SSSR count). The molecule has 4 heteroatoms. The van der Waals surface area contributed by atoms with Crippen molar-refractivity contribution < 1.29 is 9.13 Å². The van der Waals surface area contributed by atoms with Crippen LogP contribution in [0.1, 0.15) is 37.1 Å². The Morgan fingerprint density at radius 3 is 2.29 bits per heavy atom. The molecule has 0 aliphatic carbocycles. The monoisotopic (exact) mass is 351 g/mol. The van der Waals surface area contributed by atoms with Gasteiger partial charge in [-0.3, -0.25) is 0 Å². The molecule has 112 valence electrons. The third-order valence-electron chi connectivity index (χ3n) is 3.52.